The van der Waals surface area contributed by atoms with Gasteiger partial charge >= 0.3 is 12.4 Å². The summed E-state index contributed by atoms with van der Waals surface area (Å²) in [5.41, 5.74) is 1.17. The molecule has 0 aliphatic heterocycles. The highest BCUT2D eigenvalue weighted by Gasteiger charge is 2.36. The van der Waals surface area contributed by atoms with Crippen LogP contribution in [0.5, 0.6) is 0 Å². The SMILES string of the molecule is CC.CC(C)c1cc(C(C)C)c(C(F)(F)F)s1.Cc1cc(C(F)(F)F)sc1C(C)C. The van der Waals surface area contributed by atoms with Crippen LogP contribution in [-0.2, 0) is 12.4 Å². The Morgan fingerprint density at radius 1 is 0.700 bits per heavy atom. The van der Waals surface area contributed by atoms with Crippen molar-refractivity contribution in [3.8, 4) is 0 Å². The molecule has 2 aromatic heterocycles. The predicted octanol–water partition coefficient (Wildman–Crippen LogP) is 10.2. The summed E-state index contributed by atoms with van der Waals surface area (Å²) >= 11 is 1.73. The molecule has 0 nitrogen and oxygen atoms in total. The van der Waals surface area contributed by atoms with Crippen molar-refractivity contribution in [3.63, 3.8) is 0 Å². The highest BCUT2D eigenvalue weighted by molar-refractivity contribution is 7.12. The second kappa shape index (κ2) is 11.6. The van der Waals surface area contributed by atoms with Gasteiger partial charge in [-0.3, -0.25) is 0 Å². The molecule has 0 radical (unpaired) electrons. The highest BCUT2D eigenvalue weighted by Crippen LogP contribution is 2.42. The molecule has 0 amide bonds. The average Bonchev–Trinajstić information content (AvgIpc) is 3.20. The van der Waals surface area contributed by atoms with Crippen molar-refractivity contribution in [3.05, 3.63) is 42.8 Å². The third-order valence-electron chi connectivity index (χ3n) is 3.99. The third kappa shape index (κ3) is 8.25. The molecule has 0 aliphatic carbocycles. The van der Waals surface area contributed by atoms with Crippen LogP contribution >= 0.6 is 22.7 Å². The highest BCUT2D eigenvalue weighted by atomic mass is 32.1. The molecule has 2 heterocycles. The Labute approximate surface area is 184 Å². The molecule has 2 rings (SSSR count). The summed E-state index contributed by atoms with van der Waals surface area (Å²) in [6, 6.07) is 2.92. The Kier molecular flexibility index (Phi) is 11.2. The fourth-order valence-corrected chi connectivity index (χ4v) is 4.80. The van der Waals surface area contributed by atoms with E-state index in [1.807, 2.05) is 41.5 Å². The van der Waals surface area contributed by atoms with Gasteiger partial charge < -0.3 is 0 Å². The van der Waals surface area contributed by atoms with Crippen LogP contribution < -0.4 is 0 Å². The van der Waals surface area contributed by atoms with E-state index in [0.29, 0.717) is 5.56 Å². The smallest absolute Gasteiger partial charge is 0.165 e. The number of rotatable bonds is 3. The molecule has 0 spiro atoms. The summed E-state index contributed by atoms with van der Waals surface area (Å²) in [5.74, 6) is 0.245. The molecule has 0 aromatic carbocycles. The van der Waals surface area contributed by atoms with Crippen molar-refractivity contribution in [2.75, 3.05) is 0 Å². The molecule has 0 aliphatic rings. The minimum Gasteiger partial charge on any atom is -0.165 e. The van der Waals surface area contributed by atoms with Crippen LogP contribution in [0.4, 0.5) is 26.3 Å². The Balaban J connectivity index is 0.000000522. The van der Waals surface area contributed by atoms with Crippen LogP contribution in [0, 0.1) is 6.92 Å². The van der Waals surface area contributed by atoms with Crippen LogP contribution in [0.3, 0.4) is 0 Å². The largest absolute Gasteiger partial charge is 0.425 e. The first-order valence-corrected chi connectivity index (χ1v) is 11.6. The summed E-state index contributed by atoms with van der Waals surface area (Å²) < 4.78 is 74.9. The monoisotopic (exact) mass is 474 g/mol. The molecule has 174 valence electrons. The molecule has 2 aromatic rings. The van der Waals surface area contributed by atoms with Crippen LogP contribution in [0.15, 0.2) is 12.1 Å². The number of halogens is 6. The maximum absolute atomic E-state index is 12.7. The van der Waals surface area contributed by atoms with Gasteiger partial charge in [0, 0.05) is 9.75 Å². The molecular formula is C22H32F6S2. The van der Waals surface area contributed by atoms with Gasteiger partial charge in [-0.2, -0.15) is 26.3 Å². The maximum Gasteiger partial charge on any atom is 0.425 e. The first-order chi connectivity index (χ1) is 13.6. The van der Waals surface area contributed by atoms with E-state index < -0.39 is 22.1 Å². The number of aryl methyl sites for hydroxylation is 1. The quantitative estimate of drug-likeness (QED) is 0.388. The standard InChI is InChI=1S/C11H15F3S.C9H11F3S.C2H6/c1-6(2)8-5-9(7(3)4)15-10(8)11(12,13)14;1-5(2)8-6(3)4-7(13-8)9(10,11)12;1-2/h5-7H,1-4H3;4-5H,1-3H3;1-2H3. The summed E-state index contributed by atoms with van der Waals surface area (Å²) in [4.78, 5) is 0.716. The summed E-state index contributed by atoms with van der Waals surface area (Å²) in [6.45, 7) is 16.9. The van der Waals surface area contributed by atoms with Crippen molar-refractivity contribution >= 4 is 22.7 Å². The van der Waals surface area contributed by atoms with E-state index >= 15 is 0 Å². The normalized spacial score (nSPS) is 12.1. The molecule has 0 bridgehead atoms. The van der Waals surface area contributed by atoms with Crippen LogP contribution in [-0.4, -0.2) is 0 Å². The number of alkyl halides is 6. The van der Waals surface area contributed by atoms with E-state index in [-0.39, 0.29) is 17.8 Å². The Morgan fingerprint density at radius 3 is 1.43 bits per heavy atom. The van der Waals surface area contributed by atoms with Gasteiger partial charge in [0.15, 0.2) is 0 Å². The second-order valence-electron chi connectivity index (χ2n) is 7.55. The minimum atomic E-state index is -4.21. The van der Waals surface area contributed by atoms with Gasteiger partial charge in [-0.1, -0.05) is 55.4 Å². The average molecular weight is 475 g/mol. The van der Waals surface area contributed by atoms with Gasteiger partial charge in [-0.05, 0) is 47.9 Å². The second-order valence-corrected chi connectivity index (χ2v) is 9.72. The fraction of sp³-hybridized carbons (Fsp3) is 0.636. The van der Waals surface area contributed by atoms with Crippen LogP contribution in [0.25, 0.3) is 0 Å². The van der Waals surface area contributed by atoms with Crippen molar-refractivity contribution in [2.24, 2.45) is 0 Å². The van der Waals surface area contributed by atoms with Crippen molar-refractivity contribution in [2.45, 2.75) is 92.4 Å². The van der Waals surface area contributed by atoms with E-state index in [2.05, 4.69) is 0 Å². The summed E-state index contributed by atoms with van der Waals surface area (Å²) in [5, 5.41) is 0. The van der Waals surface area contributed by atoms with Crippen molar-refractivity contribution in [1.82, 2.24) is 0 Å². The molecule has 0 fully saturated rings. The molecule has 0 atom stereocenters. The molecule has 0 unspecified atom stereocenters. The van der Waals surface area contributed by atoms with E-state index in [1.165, 1.54) is 6.07 Å². The lowest BCUT2D eigenvalue weighted by molar-refractivity contribution is -0.135. The van der Waals surface area contributed by atoms with Gasteiger partial charge in [-0.15, -0.1) is 22.7 Å². The number of hydrogen-bond donors (Lipinski definition) is 0. The summed E-state index contributed by atoms with van der Waals surface area (Å²) in [6.07, 6.45) is -8.40. The summed E-state index contributed by atoms with van der Waals surface area (Å²) in [7, 11) is 0. The zero-order chi connectivity index (χ0) is 24.0. The molecule has 30 heavy (non-hydrogen) atoms. The van der Waals surface area contributed by atoms with E-state index in [0.717, 1.165) is 38.0 Å². The lowest BCUT2D eigenvalue weighted by Gasteiger charge is -2.09. The molecule has 0 N–H and O–H groups in total. The Bertz CT molecular complexity index is 762. The number of hydrogen-bond acceptors (Lipinski definition) is 2. The molecule has 0 saturated heterocycles. The van der Waals surface area contributed by atoms with E-state index in [4.69, 9.17) is 0 Å². The van der Waals surface area contributed by atoms with Gasteiger partial charge in [-0.25, -0.2) is 0 Å². The van der Waals surface area contributed by atoms with Gasteiger partial charge in [0.05, 0.1) is 0 Å². The zero-order valence-electron chi connectivity index (χ0n) is 19.0. The van der Waals surface area contributed by atoms with Crippen molar-refractivity contribution < 1.29 is 26.3 Å². The molecule has 0 saturated carbocycles. The lowest BCUT2D eigenvalue weighted by Crippen LogP contribution is -2.05. The number of thiophene rings is 2. The van der Waals surface area contributed by atoms with E-state index in [1.54, 1.807) is 26.8 Å². The first kappa shape index (κ1) is 29.0. The Hall–Kier alpha value is -1.02. The molecular weight excluding hydrogens is 442 g/mol. The van der Waals surface area contributed by atoms with E-state index in [9.17, 15) is 26.3 Å². The van der Waals surface area contributed by atoms with Gasteiger partial charge in [0.2, 0.25) is 0 Å². The first-order valence-electron chi connectivity index (χ1n) is 9.94. The maximum atomic E-state index is 12.7. The van der Waals surface area contributed by atoms with Gasteiger partial charge in [0.1, 0.15) is 9.75 Å². The topological polar surface area (TPSA) is 0 Å². The predicted molar refractivity (Wildman–Crippen MR) is 117 cm³/mol. The van der Waals surface area contributed by atoms with Crippen molar-refractivity contribution in [1.29, 1.82) is 0 Å². The van der Waals surface area contributed by atoms with Gasteiger partial charge in [0.25, 0.3) is 0 Å². The molecule has 8 heteroatoms. The third-order valence-corrected chi connectivity index (χ3v) is 7.07. The zero-order valence-corrected chi connectivity index (χ0v) is 20.6. The fourth-order valence-electron chi connectivity index (χ4n) is 2.57. The minimum absolute atomic E-state index is 0.0784. The van der Waals surface area contributed by atoms with Crippen LogP contribution in [0.1, 0.15) is 104 Å². The van der Waals surface area contributed by atoms with Crippen LogP contribution in [0.2, 0.25) is 0 Å². The Morgan fingerprint density at radius 2 is 1.20 bits per heavy atom. The lowest BCUT2D eigenvalue weighted by atomic mass is 10.0.